The van der Waals surface area contributed by atoms with Gasteiger partial charge in [-0.15, -0.1) is 0 Å². The van der Waals surface area contributed by atoms with Gasteiger partial charge in [-0.05, 0) is 79.8 Å². The quantitative estimate of drug-likeness (QED) is 0.275. The van der Waals surface area contributed by atoms with Crippen molar-refractivity contribution in [2.75, 3.05) is 0 Å². The lowest BCUT2D eigenvalue weighted by Crippen LogP contribution is -2.67. The van der Waals surface area contributed by atoms with Crippen LogP contribution in [-0.4, -0.2) is 15.0 Å². The summed E-state index contributed by atoms with van der Waals surface area (Å²) >= 11 is 0. The van der Waals surface area contributed by atoms with Gasteiger partial charge in [0.1, 0.15) is 18.4 Å². The van der Waals surface area contributed by atoms with Crippen molar-refractivity contribution >= 4 is 38.9 Å². The molecule has 0 saturated heterocycles. The molecule has 0 N–H and O–H groups in total. The van der Waals surface area contributed by atoms with Crippen molar-refractivity contribution in [1.29, 1.82) is 0 Å². The van der Waals surface area contributed by atoms with Crippen LogP contribution < -0.4 is 39.6 Å². The standard InChI is InChI=1S/C42H42N8/c1-29-10-6-5-9-16-44-42-39(29)27-48(28-45-42)35-12-8-7-11-33-25-49(19-15-36(33)30(2)20-35)50-23-32(4)37-14-18-47(24-34(37)26-50)41-21-31(3)38-22-43-17-13-40(38)46-41/h7-9,11,13-19,21-28,35H,5-6,10,12,20H2,1-4H3/q+4/b8-7-,16-9-,33-11-,36-30-,39-29-,44-42+. The number of aryl methyl sites for hydroxylation is 2. The fourth-order valence-corrected chi connectivity index (χ4v) is 7.25. The Morgan fingerprint density at radius 2 is 1.74 bits per heavy atom. The molecular weight excluding hydrogens is 617 g/mol. The molecule has 8 heteroatoms. The maximum atomic E-state index is 4.94. The SMILES string of the molecule is C\C1=c2/cc[n+](-[n+]3cc(C)c4cc[n+](-c5cc(C)c6cnccc6n5)cc4c3)c/c2=C/C=C\CC([n+]2cnc3/c(c2)=C(/C)CCC/C=C\N=3)C1. The second-order valence-corrected chi connectivity index (χ2v) is 13.6. The molecular formula is C42H42N8+4. The van der Waals surface area contributed by atoms with Gasteiger partial charge in [0.2, 0.25) is 18.6 Å². The highest BCUT2D eigenvalue weighted by molar-refractivity contribution is 5.83. The van der Waals surface area contributed by atoms with Crippen molar-refractivity contribution in [3.05, 3.63) is 143 Å². The Morgan fingerprint density at radius 3 is 2.66 bits per heavy atom. The second kappa shape index (κ2) is 13.3. The van der Waals surface area contributed by atoms with Crippen molar-refractivity contribution in [2.45, 2.75) is 65.8 Å². The third kappa shape index (κ3) is 6.13. The summed E-state index contributed by atoms with van der Waals surface area (Å²) in [4.78, 5) is 18.7. The Morgan fingerprint density at radius 1 is 0.820 bits per heavy atom. The van der Waals surface area contributed by atoms with Gasteiger partial charge in [-0.25, -0.2) is 14.1 Å². The molecule has 0 aromatic carbocycles. The number of rotatable bonds is 3. The van der Waals surface area contributed by atoms with Crippen LogP contribution in [0.25, 0.3) is 44.7 Å². The van der Waals surface area contributed by atoms with E-state index in [1.54, 1.807) is 6.20 Å². The third-order valence-corrected chi connectivity index (χ3v) is 10.1. The smallest absolute Gasteiger partial charge is 0.264 e. The Bertz CT molecular complexity index is 2640. The third-order valence-electron chi connectivity index (χ3n) is 10.1. The number of fused-ring (bicyclic) bond motifs is 4. The molecule has 2 aliphatic rings. The zero-order valence-electron chi connectivity index (χ0n) is 29.2. The highest BCUT2D eigenvalue weighted by Crippen LogP contribution is 2.19. The molecule has 1 unspecified atom stereocenters. The van der Waals surface area contributed by atoms with Gasteiger partial charge in [-0.3, -0.25) is 4.98 Å². The average Bonchev–Trinajstić information content (AvgIpc) is 3.27. The van der Waals surface area contributed by atoms with Crippen molar-refractivity contribution in [3.8, 4) is 5.82 Å². The molecule has 246 valence electrons. The predicted molar refractivity (Wildman–Crippen MR) is 193 cm³/mol. The lowest BCUT2D eigenvalue weighted by atomic mass is 10.0. The first-order valence-electron chi connectivity index (χ1n) is 17.5. The van der Waals surface area contributed by atoms with Crippen molar-refractivity contribution in [2.24, 2.45) is 4.99 Å². The topological polar surface area (TPSA) is 66.6 Å². The predicted octanol–water partition coefficient (Wildman–Crippen LogP) is 3.28. The normalized spacial score (nSPS) is 21.1. The number of allylic oxidation sites excluding steroid dienone is 3. The van der Waals surface area contributed by atoms with E-state index in [4.69, 9.17) is 9.97 Å². The number of hydrogen-bond donors (Lipinski definition) is 0. The van der Waals surface area contributed by atoms with E-state index in [9.17, 15) is 0 Å². The van der Waals surface area contributed by atoms with E-state index in [0.717, 1.165) is 70.5 Å². The molecule has 0 fully saturated rings. The molecule has 8 nitrogen and oxygen atoms in total. The molecule has 1 aliphatic carbocycles. The van der Waals surface area contributed by atoms with Crippen LogP contribution in [-0.2, 0) is 0 Å². The van der Waals surface area contributed by atoms with Crippen molar-refractivity contribution in [3.63, 3.8) is 0 Å². The second-order valence-electron chi connectivity index (χ2n) is 13.6. The summed E-state index contributed by atoms with van der Waals surface area (Å²) in [5.41, 5.74) is 6.82. The summed E-state index contributed by atoms with van der Waals surface area (Å²) in [6.45, 7) is 8.77. The fourth-order valence-electron chi connectivity index (χ4n) is 7.25. The molecule has 1 aliphatic heterocycles. The largest absolute Gasteiger partial charge is 0.328 e. The van der Waals surface area contributed by atoms with Crippen LogP contribution in [0.2, 0.25) is 0 Å². The average molecular weight is 659 g/mol. The minimum absolute atomic E-state index is 0.258. The molecule has 0 saturated carbocycles. The maximum absolute atomic E-state index is 4.94. The zero-order valence-corrected chi connectivity index (χ0v) is 29.2. The van der Waals surface area contributed by atoms with Gasteiger partial charge in [-0.2, -0.15) is 0 Å². The molecule has 6 aromatic heterocycles. The minimum Gasteiger partial charge on any atom is -0.264 e. The van der Waals surface area contributed by atoms with Gasteiger partial charge in [0.05, 0.1) is 31.4 Å². The van der Waals surface area contributed by atoms with Crippen LogP contribution in [0, 0.1) is 13.8 Å². The first-order chi connectivity index (χ1) is 24.4. The lowest BCUT2D eigenvalue weighted by molar-refractivity contribution is -1.30. The van der Waals surface area contributed by atoms with E-state index >= 15 is 0 Å². The molecule has 8 rings (SSSR count). The van der Waals surface area contributed by atoms with Crippen LogP contribution in [0.5, 0.6) is 0 Å². The zero-order chi connectivity index (χ0) is 34.2. The Labute approximate surface area is 291 Å². The Kier molecular flexibility index (Phi) is 8.36. The van der Waals surface area contributed by atoms with Gasteiger partial charge in [0.25, 0.3) is 18.0 Å². The maximum Gasteiger partial charge on any atom is 0.328 e. The van der Waals surface area contributed by atoms with Gasteiger partial charge in [0, 0.05) is 66.0 Å². The first-order valence-corrected chi connectivity index (χ1v) is 17.5. The summed E-state index contributed by atoms with van der Waals surface area (Å²) in [5.74, 6) is 0.887. The monoisotopic (exact) mass is 658 g/mol. The number of pyridine rings is 5. The number of hydrogen-bond acceptors (Lipinski definition) is 4. The van der Waals surface area contributed by atoms with Crippen LogP contribution in [0.3, 0.4) is 0 Å². The van der Waals surface area contributed by atoms with Crippen LogP contribution >= 0.6 is 0 Å². The molecule has 7 heterocycles. The molecule has 0 amide bonds. The lowest BCUT2D eigenvalue weighted by Gasteiger charge is -2.14. The van der Waals surface area contributed by atoms with E-state index < -0.39 is 0 Å². The Balaban J connectivity index is 1.16. The van der Waals surface area contributed by atoms with Crippen molar-refractivity contribution < 1.29 is 18.5 Å². The molecule has 6 aromatic rings. The molecule has 50 heavy (non-hydrogen) atoms. The molecule has 1 atom stereocenters. The van der Waals surface area contributed by atoms with Crippen LogP contribution in [0.1, 0.15) is 63.1 Å². The molecule has 0 spiro atoms. The fraction of sp³-hybridized carbons (Fsp3) is 0.238. The van der Waals surface area contributed by atoms with E-state index in [-0.39, 0.29) is 6.04 Å². The minimum atomic E-state index is 0.258. The van der Waals surface area contributed by atoms with Gasteiger partial charge in [0.15, 0.2) is 5.52 Å². The summed E-state index contributed by atoms with van der Waals surface area (Å²) in [6.07, 6.45) is 36.8. The van der Waals surface area contributed by atoms with Crippen molar-refractivity contribution in [1.82, 2.24) is 15.0 Å². The van der Waals surface area contributed by atoms with E-state index in [2.05, 4.69) is 142 Å². The van der Waals surface area contributed by atoms with Gasteiger partial charge in [-0.1, -0.05) is 29.4 Å². The van der Waals surface area contributed by atoms with E-state index in [1.165, 1.54) is 32.5 Å². The highest BCUT2D eigenvalue weighted by Gasteiger charge is 2.22. The summed E-state index contributed by atoms with van der Waals surface area (Å²) in [7, 11) is 0. The summed E-state index contributed by atoms with van der Waals surface area (Å²) in [6, 6.07) is 8.78. The summed E-state index contributed by atoms with van der Waals surface area (Å²) in [5, 5.41) is 7.02. The Hall–Kier alpha value is -5.76. The highest BCUT2D eigenvalue weighted by atomic mass is 15.4. The van der Waals surface area contributed by atoms with Gasteiger partial charge < -0.3 is 0 Å². The number of aromatic nitrogens is 7. The first kappa shape index (κ1) is 31.5. The summed E-state index contributed by atoms with van der Waals surface area (Å²) < 4.78 is 8.73. The molecule has 0 bridgehead atoms. The van der Waals surface area contributed by atoms with E-state index in [0.29, 0.717) is 0 Å². The van der Waals surface area contributed by atoms with E-state index in [1.807, 2.05) is 24.8 Å². The van der Waals surface area contributed by atoms with Crippen LogP contribution in [0.15, 0.2) is 116 Å². The van der Waals surface area contributed by atoms with Gasteiger partial charge >= 0.3 is 5.82 Å². The van der Waals surface area contributed by atoms with Crippen LogP contribution in [0.4, 0.5) is 0 Å². The number of nitrogens with zero attached hydrogens (tertiary/aromatic N) is 8. The molecule has 0 radical (unpaired) electrons.